The largest absolute Gasteiger partial charge is 0.462 e. The van der Waals surface area contributed by atoms with Gasteiger partial charge in [0, 0.05) is 25.7 Å². The predicted octanol–water partition coefficient (Wildman–Crippen LogP) is 5.78. The highest BCUT2D eigenvalue weighted by Gasteiger charge is 2.57. The Labute approximate surface area is 197 Å². The van der Waals surface area contributed by atoms with Crippen LogP contribution >= 0.6 is 0 Å². The number of fused-ring (bicyclic) bond motifs is 5. The van der Waals surface area contributed by atoms with Crippen molar-refractivity contribution >= 4 is 18.2 Å². The van der Waals surface area contributed by atoms with E-state index in [4.69, 9.17) is 9.47 Å². The summed E-state index contributed by atoms with van der Waals surface area (Å²) in [6.45, 7) is 5.33. The van der Waals surface area contributed by atoms with Crippen LogP contribution in [-0.2, 0) is 25.5 Å². The number of aldehydes is 1. The molecule has 1 unspecified atom stereocenters. The summed E-state index contributed by atoms with van der Waals surface area (Å²) in [5.41, 5.74) is 2.80. The molecule has 0 aromatic heterocycles. The van der Waals surface area contributed by atoms with Crippen molar-refractivity contribution in [3.8, 4) is 5.75 Å². The van der Waals surface area contributed by atoms with E-state index in [-0.39, 0.29) is 23.5 Å². The molecule has 0 amide bonds. The van der Waals surface area contributed by atoms with Crippen LogP contribution in [0.2, 0.25) is 0 Å². The lowest BCUT2D eigenvalue weighted by molar-refractivity contribution is -0.155. The van der Waals surface area contributed by atoms with Crippen molar-refractivity contribution in [3.05, 3.63) is 29.3 Å². The maximum absolute atomic E-state index is 11.8. The van der Waals surface area contributed by atoms with Gasteiger partial charge in [-0.3, -0.25) is 9.59 Å². The highest BCUT2D eigenvalue weighted by Crippen LogP contribution is 2.63. The molecule has 6 atom stereocenters. The van der Waals surface area contributed by atoms with Crippen molar-refractivity contribution in [3.63, 3.8) is 0 Å². The molecule has 0 spiro atoms. The lowest BCUT2D eigenvalue weighted by Crippen LogP contribution is -2.48. The Kier molecular flexibility index (Phi) is 7.25. The van der Waals surface area contributed by atoms with Crippen LogP contribution in [0.4, 0.5) is 0 Å². The molecule has 5 nitrogen and oxygen atoms in total. The highest BCUT2D eigenvalue weighted by molar-refractivity contribution is 5.69. The van der Waals surface area contributed by atoms with Crippen LogP contribution in [0.15, 0.2) is 18.2 Å². The number of carbonyl (C=O) groups excluding carboxylic acids is 3. The van der Waals surface area contributed by atoms with Crippen molar-refractivity contribution in [1.29, 1.82) is 0 Å². The van der Waals surface area contributed by atoms with E-state index < -0.39 is 0 Å². The van der Waals surface area contributed by atoms with Crippen LogP contribution in [0.1, 0.15) is 95.6 Å². The number of rotatable bonds is 8. The van der Waals surface area contributed by atoms with E-state index in [9.17, 15) is 14.4 Å². The number of esters is 2. The lowest BCUT2D eigenvalue weighted by Gasteiger charge is -2.53. The molecule has 180 valence electrons. The standard InChI is InChI=1S/C28H38O5/c1-18(30)32-22-9-10-23-21(17-22)16-20(8-6-4-5-7-15-29)27-24(23)13-14-28(3)25(27)11-12-26(28)33-19(2)31/h9-10,15,17,20,24-27H,4-8,11-14,16H2,1-3H3/t20?,24-,25+,26+,27-,28+/m1/s1. The van der Waals surface area contributed by atoms with E-state index in [1.807, 2.05) is 6.07 Å². The van der Waals surface area contributed by atoms with E-state index in [1.165, 1.54) is 25.0 Å². The molecule has 4 rings (SSSR count). The first-order valence-corrected chi connectivity index (χ1v) is 12.8. The van der Waals surface area contributed by atoms with Gasteiger partial charge < -0.3 is 14.3 Å². The van der Waals surface area contributed by atoms with Gasteiger partial charge in [0.05, 0.1) is 0 Å². The molecular weight excluding hydrogens is 416 g/mol. The summed E-state index contributed by atoms with van der Waals surface area (Å²) in [6.07, 6.45) is 11.3. The van der Waals surface area contributed by atoms with Crippen LogP contribution < -0.4 is 4.74 Å². The zero-order chi connectivity index (χ0) is 23.6. The fourth-order valence-corrected chi connectivity index (χ4v) is 7.43. The number of hydrogen-bond acceptors (Lipinski definition) is 5. The minimum Gasteiger partial charge on any atom is -0.462 e. The van der Waals surface area contributed by atoms with Crippen molar-refractivity contribution in [2.75, 3.05) is 0 Å². The molecule has 0 saturated heterocycles. The summed E-state index contributed by atoms with van der Waals surface area (Å²) in [7, 11) is 0. The topological polar surface area (TPSA) is 69.7 Å². The lowest BCUT2D eigenvalue weighted by atomic mass is 9.52. The number of hydrogen-bond donors (Lipinski definition) is 0. The Bertz CT molecular complexity index is 892. The summed E-state index contributed by atoms with van der Waals surface area (Å²) in [4.78, 5) is 34.0. The summed E-state index contributed by atoms with van der Waals surface area (Å²) in [5.74, 6) is 2.40. The summed E-state index contributed by atoms with van der Waals surface area (Å²) in [6, 6.07) is 6.21. The van der Waals surface area contributed by atoms with Crippen LogP contribution in [0, 0.1) is 23.2 Å². The molecule has 0 aliphatic heterocycles. The third kappa shape index (κ3) is 4.88. The SMILES string of the molecule is CC(=O)Oc1ccc2c(c1)CC(CCCCCC=O)[C@@H]1[C@@H]2CC[C@]2(C)[C@@H](OC(C)=O)CC[C@@H]12. The van der Waals surface area contributed by atoms with Gasteiger partial charge in [0.2, 0.25) is 0 Å². The predicted molar refractivity (Wildman–Crippen MR) is 126 cm³/mol. The molecule has 5 heteroatoms. The number of ether oxygens (including phenoxy) is 2. The van der Waals surface area contributed by atoms with E-state index in [0.29, 0.717) is 35.8 Å². The average molecular weight is 455 g/mol. The summed E-state index contributed by atoms with van der Waals surface area (Å²) < 4.78 is 11.2. The molecule has 3 aliphatic carbocycles. The number of benzene rings is 1. The molecule has 33 heavy (non-hydrogen) atoms. The minimum absolute atomic E-state index is 0.0296. The molecule has 3 aliphatic rings. The van der Waals surface area contributed by atoms with E-state index >= 15 is 0 Å². The van der Waals surface area contributed by atoms with E-state index in [0.717, 1.165) is 64.1 Å². The fourth-order valence-electron chi connectivity index (χ4n) is 7.43. The summed E-state index contributed by atoms with van der Waals surface area (Å²) >= 11 is 0. The monoisotopic (exact) mass is 454 g/mol. The van der Waals surface area contributed by atoms with E-state index in [1.54, 1.807) is 0 Å². The average Bonchev–Trinajstić information content (AvgIpc) is 3.08. The van der Waals surface area contributed by atoms with Gasteiger partial charge >= 0.3 is 11.9 Å². The Morgan fingerprint density at radius 3 is 2.64 bits per heavy atom. The molecule has 1 aromatic rings. The quantitative estimate of drug-likeness (QED) is 0.216. The third-order valence-corrected chi connectivity index (χ3v) is 8.75. The fraction of sp³-hybridized carbons (Fsp3) is 0.679. The minimum atomic E-state index is -0.286. The Hall–Kier alpha value is -2.17. The van der Waals surface area contributed by atoms with Crippen molar-refractivity contribution < 1.29 is 23.9 Å². The van der Waals surface area contributed by atoms with Gasteiger partial charge in [-0.05, 0) is 91.9 Å². The zero-order valence-corrected chi connectivity index (χ0v) is 20.3. The van der Waals surface area contributed by atoms with Gasteiger partial charge in [0.15, 0.2) is 0 Å². The normalized spacial score (nSPS) is 32.3. The smallest absolute Gasteiger partial charge is 0.308 e. The molecular formula is C28H38O5. The Morgan fingerprint density at radius 2 is 1.91 bits per heavy atom. The van der Waals surface area contributed by atoms with Crippen LogP contribution in [0.5, 0.6) is 5.75 Å². The molecule has 2 saturated carbocycles. The molecule has 0 N–H and O–H groups in total. The van der Waals surface area contributed by atoms with E-state index in [2.05, 4.69) is 19.1 Å². The Balaban J connectivity index is 1.61. The molecule has 0 heterocycles. The van der Waals surface area contributed by atoms with Gasteiger partial charge in [-0.15, -0.1) is 0 Å². The first-order chi connectivity index (χ1) is 15.8. The van der Waals surface area contributed by atoms with Crippen molar-refractivity contribution in [2.24, 2.45) is 23.2 Å². The molecule has 1 aromatic carbocycles. The van der Waals surface area contributed by atoms with Gasteiger partial charge in [-0.2, -0.15) is 0 Å². The Morgan fingerprint density at radius 1 is 1.09 bits per heavy atom. The zero-order valence-electron chi connectivity index (χ0n) is 20.3. The van der Waals surface area contributed by atoms with Crippen LogP contribution in [-0.4, -0.2) is 24.3 Å². The van der Waals surface area contributed by atoms with Crippen molar-refractivity contribution in [1.82, 2.24) is 0 Å². The summed E-state index contributed by atoms with van der Waals surface area (Å²) in [5, 5.41) is 0. The second-order valence-corrected chi connectivity index (χ2v) is 10.7. The first kappa shape index (κ1) is 24.0. The maximum atomic E-state index is 11.8. The third-order valence-electron chi connectivity index (χ3n) is 8.75. The van der Waals surface area contributed by atoms with Gasteiger partial charge in [-0.25, -0.2) is 0 Å². The van der Waals surface area contributed by atoms with Crippen molar-refractivity contribution in [2.45, 2.75) is 97.0 Å². The van der Waals surface area contributed by atoms with Crippen LogP contribution in [0.25, 0.3) is 0 Å². The molecule has 0 bridgehead atoms. The highest BCUT2D eigenvalue weighted by atomic mass is 16.5. The number of carbonyl (C=O) groups is 3. The second kappa shape index (κ2) is 9.99. The molecule has 0 radical (unpaired) electrons. The maximum Gasteiger partial charge on any atom is 0.308 e. The number of unbranched alkanes of at least 4 members (excludes halogenated alkanes) is 3. The van der Waals surface area contributed by atoms with Crippen LogP contribution in [0.3, 0.4) is 0 Å². The van der Waals surface area contributed by atoms with Gasteiger partial charge in [-0.1, -0.05) is 25.8 Å². The second-order valence-electron chi connectivity index (χ2n) is 10.7. The first-order valence-electron chi connectivity index (χ1n) is 12.8. The van der Waals surface area contributed by atoms with Gasteiger partial charge in [0.1, 0.15) is 18.1 Å². The molecule has 2 fully saturated rings. The van der Waals surface area contributed by atoms with Gasteiger partial charge in [0.25, 0.3) is 0 Å².